The fraction of sp³-hybridized carbons (Fsp3) is 0.133. The Balaban J connectivity index is 2.03. The normalized spacial score (nSPS) is 10.0. The molecule has 108 valence electrons. The number of hydrogen-bond donors (Lipinski definition) is 1. The first kappa shape index (κ1) is 14.6. The molecule has 21 heavy (non-hydrogen) atoms. The van der Waals surface area contributed by atoms with Crippen LogP contribution < -0.4 is 5.32 Å². The molecule has 0 unspecified atom stereocenters. The molecule has 6 heteroatoms. The predicted octanol–water partition coefficient (Wildman–Crippen LogP) is 1.94. The van der Waals surface area contributed by atoms with Crippen LogP contribution in [0.2, 0.25) is 0 Å². The van der Waals surface area contributed by atoms with Crippen molar-refractivity contribution in [2.24, 2.45) is 0 Å². The summed E-state index contributed by atoms with van der Waals surface area (Å²) in [6, 6.07) is 8.42. The highest BCUT2D eigenvalue weighted by molar-refractivity contribution is 5.94. The summed E-state index contributed by atoms with van der Waals surface area (Å²) in [6.07, 6.45) is 1.45. The molecule has 0 fully saturated rings. The topological polar surface area (TPSA) is 68.3 Å². The van der Waals surface area contributed by atoms with Crippen LogP contribution in [0.15, 0.2) is 42.6 Å². The summed E-state index contributed by atoms with van der Waals surface area (Å²) in [7, 11) is 1.29. The van der Waals surface area contributed by atoms with Crippen LogP contribution in [0.5, 0.6) is 0 Å². The Morgan fingerprint density at radius 3 is 2.76 bits per heavy atom. The Hall–Kier alpha value is -2.76. The van der Waals surface area contributed by atoms with E-state index in [1.165, 1.54) is 43.6 Å². The second-order valence-corrected chi connectivity index (χ2v) is 4.22. The Labute approximate surface area is 120 Å². The van der Waals surface area contributed by atoms with Crippen LogP contribution in [0, 0.1) is 5.82 Å². The maximum absolute atomic E-state index is 13.0. The summed E-state index contributed by atoms with van der Waals surface area (Å²) in [5, 5.41) is 2.61. The number of rotatable bonds is 4. The van der Waals surface area contributed by atoms with Gasteiger partial charge in [0, 0.05) is 11.8 Å². The highest BCUT2D eigenvalue weighted by atomic mass is 19.1. The lowest BCUT2D eigenvalue weighted by atomic mass is 10.2. The monoisotopic (exact) mass is 288 g/mol. The number of methoxy groups -OCH3 is 1. The minimum atomic E-state index is -0.478. The molecule has 0 saturated heterocycles. The van der Waals surface area contributed by atoms with Gasteiger partial charge in [0.1, 0.15) is 5.82 Å². The van der Waals surface area contributed by atoms with Gasteiger partial charge in [0.25, 0.3) is 5.91 Å². The number of carbonyl (C=O) groups excluding carboxylic acids is 2. The number of nitrogens with one attached hydrogen (secondary N) is 1. The van der Waals surface area contributed by atoms with Gasteiger partial charge >= 0.3 is 5.97 Å². The van der Waals surface area contributed by atoms with Gasteiger partial charge in [0.2, 0.25) is 0 Å². The second kappa shape index (κ2) is 6.60. The molecule has 1 N–H and O–H groups in total. The van der Waals surface area contributed by atoms with Crippen LogP contribution in [0.25, 0.3) is 0 Å². The van der Waals surface area contributed by atoms with Gasteiger partial charge in [-0.15, -0.1) is 0 Å². The zero-order valence-corrected chi connectivity index (χ0v) is 11.3. The highest BCUT2D eigenvalue weighted by Gasteiger charge is 2.09. The van der Waals surface area contributed by atoms with Crippen LogP contribution in [-0.4, -0.2) is 24.0 Å². The molecule has 1 heterocycles. The van der Waals surface area contributed by atoms with Crippen molar-refractivity contribution in [3.63, 3.8) is 0 Å². The van der Waals surface area contributed by atoms with E-state index in [0.717, 1.165) is 6.07 Å². The van der Waals surface area contributed by atoms with Crippen molar-refractivity contribution in [2.75, 3.05) is 7.11 Å². The van der Waals surface area contributed by atoms with Gasteiger partial charge < -0.3 is 10.1 Å². The molecule has 1 aromatic heterocycles. The van der Waals surface area contributed by atoms with E-state index in [2.05, 4.69) is 15.0 Å². The number of esters is 1. The average molecular weight is 288 g/mol. The zero-order valence-electron chi connectivity index (χ0n) is 11.3. The molecule has 2 aromatic rings. The lowest BCUT2D eigenvalue weighted by Gasteiger charge is -2.06. The quantitative estimate of drug-likeness (QED) is 0.873. The van der Waals surface area contributed by atoms with Crippen molar-refractivity contribution < 1.29 is 18.7 Å². The van der Waals surface area contributed by atoms with E-state index in [1.807, 2.05) is 0 Å². The first-order valence-electron chi connectivity index (χ1n) is 6.17. The lowest BCUT2D eigenvalue weighted by Crippen LogP contribution is -2.23. The van der Waals surface area contributed by atoms with E-state index in [4.69, 9.17) is 0 Å². The molecule has 0 bridgehead atoms. The Morgan fingerprint density at radius 1 is 1.24 bits per heavy atom. The van der Waals surface area contributed by atoms with Crippen molar-refractivity contribution >= 4 is 11.9 Å². The number of ether oxygens (including phenoxy) is 1. The zero-order chi connectivity index (χ0) is 15.2. The fourth-order valence-corrected chi connectivity index (χ4v) is 1.72. The summed E-state index contributed by atoms with van der Waals surface area (Å²) in [5.41, 5.74) is 1.07. The van der Waals surface area contributed by atoms with Gasteiger partial charge in [-0.2, -0.15) is 0 Å². The van der Waals surface area contributed by atoms with Crippen LogP contribution in [0.3, 0.4) is 0 Å². The molecule has 0 radical (unpaired) electrons. The van der Waals surface area contributed by atoms with Crippen LogP contribution in [0.4, 0.5) is 4.39 Å². The molecule has 0 saturated carbocycles. The van der Waals surface area contributed by atoms with E-state index in [1.54, 1.807) is 0 Å². The highest BCUT2D eigenvalue weighted by Crippen LogP contribution is 2.06. The smallest absolute Gasteiger partial charge is 0.337 e. The van der Waals surface area contributed by atoms with Gasteiger partial charge in [-0.3, -0.25) is 9.78 Å². The molecule has 0 aliphatic carbocycles. The van der Waals surface area contributed by atoms with Crippen LogP contribution in [-0.2, 0) is 11.3 Å². The number of nitrogens with zero attached hydrogens (tertiary/aromatic N) is 1. The maximum Gasteiger partial charge on any atom is 0.337 e. The number of carbonyl (C=O) groups is 2. The van der Waals surface area contributed by atoms with Gasteiger partial charge in [0.05, 0.1) is 24.9 Å². The molecule has 2 rings (SSSR count). The molecular formula is C15H13FN2O3. The number of halogens is 1. The average Bonchev–Trinajstić information content (AvgIpc) is 2.52. The standard InChI is InChI=1S/C15H13FN2O3/c1-21-15(20)11-5-6-17-13(8-11)9-18-14(19)10-3-2-4-12(16)7-10/h2-8H,9H2,1H3,(H,18,19). The van der Waals surface area contributed by atoms with Crippen molar-refractivity contribution in [3.8, 4) is 0 Å². The SMILES string of the molecule is COC(=O)c1ccnc(CNC(=O)c2cccc(F)c2)c1. The molecule has 1 aromatic carbocycles. The predicted molar refractivity (Wildman–Crippen MR) is 73.1 cm³/mol. The van der Waals surface area contributed by atoms with Gasteiger partial charge in [-0.1, -0.05) is 6.07 Å². The van der Waals surface area contributed by atoms with Crippen molar-refractivity contribution in [3.05, 3.63) is 65.2 Å². The summed E-state index contributed by atoms with van der Waals surface area (Å²) in [4.78, 5) is 27.3. The number of benzene rings is 1. The largest absolute Gasteiger partial charge is 0.465 e. The fourth-order valence-electron chi connectivity index (χ4n) is 1.72. The van der Waals surface area contributed by atoms with Crippen LogP contribution in [0.1, 0.15) is 26.4 Å². The summed E-state index contributed by atoms with van der Waals surface area (Å²) >= 11 is 0. The number of hydrogen-bond acceptors (Lipinski definition) is 4. The molecule has 0 aliphatic heterocycles. The molecule has 0 atom stereocenters. The third-order valence-corrected chi connectivity index (χ3v) is 2.75. The Morgan fingerprint density at radius 2 is 2.05 bits per heavy atom. The number of aromatic nitrogens is 1. The summed E-state index contributed by atoms with van der Waals surface area (Å²) in [6.45, 7) is 0.125. The first-order valence-corrected chi connectivity index (χ1v) is 6.17. The molecule has 5 nitrogen and oxygen atoms in total. The van der Waals surface area contributed by atoms with Gasteiger partial charge in [0.15, 0.2) is 0 Å². The van der Waals surface area contributed by atoms with Crippen LogP contribution >= 0.6 is 0 Å². The number of amides is 1. The molecule has 0 aliphatic rings. The van der Waals surface area contributed by atoms with E-state index < -0.39 is 17.7 Å². The van der Waals surface area contributed by atoms with Gasteiger partial charge in [-0.05, 0) is 30.3 Å². The molecular weight excluding hydrogens is 275 g/mol. The van der Waals surface area contributed by atoms with E-state index >= 15 is 0 Å². The minimum Gasteiger partial charge on any atom is -0.465 e. The third kappa shape index (κ3) is 3.85. The second-order valence-electron chi connectivity index (χ2n) is 4.22. The van der Waals surface area contributed by atoms with Gasteiger partial charge in [-0.25, -0.2) is 9.18 Å². The Bertz CT molecular complexity index is 673. The maximum atomic E-state index is 13.0. The molecule has 0 spiro atoms. The van der Waals surface area contributed by atoms with Crippen molar-refractivity contribution in [1.29, 1.82) is 0 Å². The summed E-state index contributed by atoms with van der Waals surface area (Å²) < 4.78 is 17.6. The minimum absolute atomic E-state index is 0.125. The van der Waals surface area contributed by atoms with E-state index in [-0.39, 0.29) is 12.1 Å². The van der Waals surface area contributed by atoms with Crippen molar-refractivity contribution in [2.45, 2.75) is 6.54 Å². The lowest BCUT2D eigenvalue weighted by molar-refractivity contribution is 0.0600. The Kier molecular flexibility index (Phi) is 4.61. The molecule has 1 amide bonds. The van der Waals surface area contributed by atoms with E-state index in [9.17, 15) is 14.0 Å². The number of pyridine rings is 1. The first-order chi connectivity index (χ1) is 10.1. The van der Waals surface area contributed by atoms with Crippen molar-refractivity contribution in [1.82, 2.24) is 10.3 Å². The third-order valence-electron chi connectivity index (χ3n) is 2.75. The van der Waals surface area contributed by atoms with E-state index in [0.29, 0.717) is 11.3 Å². The summed E-state index contributed by atoms with van der Waals surface area (Å²) in [5.74, 6) is -1.37.